The smallest absolute Gasteiger partial charge is 0.303 e. The Morgan fingerprint density at radius 3 is 2.40 bits per heavy atom. The summed E-state index contributed by atoms with van der Waals surface area (Å²) in [6.45, 7) is 5.68. The van der Waals surface area contributed by atoms with Crippen LogP contribution in [0.4, 0.5) is 0 Å². The first kappa shape index (κ1) is 16.7. The molecule has 1 unspecified atom stereocenters. The second-order valence-corrected chi connectivity index (χ2v) is 5.45. The van der Waals surface area contributed by atoms with Gasteiger partial charge in [-0.25, -0.2) is 0 Å². The molecule has 4 nitrogen and oxygen atoms in total. The molecule has 1 atom stereocenters. The first-order valence-corrected chi connectivity index (χ1v) is 7.15. The molecule has 0 amide bonds. The van der Waals surface area contributed by atoms with Crippen molar-refractivity contribution in [2.24, 2.45) is 5.92 Å². The Hall–Kier alpha value is -1.39. The van der Waals surface area contributed by atoms with Gasteiger partial charge < -0.3 is 10.2 Å². The lowest BCUT2D eigenvalue weighted by molar-refractivity contribution is -0.137. The van der Waals surface area contributed by atoms with Crippen molar-refractivity contribution in [1.82, 2.24) is 4.90 Å². The largest absolute Gasteiger partial charge is 0.481 e. The van der Waals surface area contributed by atoms with Crippen LogP contribution in [0.5, 0.6) is 0 Å². The monoisotopic (exact) mass is 279 g/mol. The number of hydrogen-bond acceptors (Lipinski definition) is 3. The molecule has 0 saturated heterocycles. The Kier molecular flexibility index (Phi) is 7.26. The summed E-state index contributed by atoms with van der Waals surface area (Å²) in [5, 5.41) is 18.3. The highest BCUT2D eigenvalue weighted by molar-refractivity contribution is 5.66. The fourth-order valence-corrected chi connectivity index (χ4v) is 2.36. The number of hydrogen-bond donors (Lipinski definition) is 2. The second-order valence-electron chi connectivity index (χ2n) is 5.45. The van der Waals surface area contributed by atoms with Gasteiger partial charge in [-0.1, -0.05) is 44.2 Å². The zero-order valence-electron chi connectivity index (χ0n) is 12.3. The van der Waals surface area contributed by atoms with Crippen LogP contribution in [0.3, 0.4) is 0 Å². The molecular formula is C16H25NO3. The number of carboxylic acids is 1. The van der Waals surface area contributed by atoms with Crippen LogP contribution in [0.25, 0.3) is 0 Å². The fourth-order valence-electron chi connectivity index (χ4n) is 2.36. The van der Waals surface area contributed by atoms with Gasteiger partial charge in [0, 0.05) is 19.0 Å². The predicted molar refractivity (Wildman–Crippen MR) is 79.4 cm³/mol. The number of benzene rings is 1. The number of aliphatic hydroxyl groups excluding tert-OH is 1. The Morgan fingerprint density at radius 1 is 1.25 bits per heavy atom. The number of carbonyl (C=O) groups is 1. The van der Waals surface area contributed by atoms with Gasteiger partial charge in [0.25, 0.3) is 0 Å². The molecule has 0 radical (unpaired) electrons. The zero-order valence-corrected chi connectivity index (χ0v) is 12.3. The number of carboxylic acid groups (broad SMARTS) is 1. The van der Waals surface area contributed by atoms with Gasteiger partial charge >= 0.3 is 5.97 Å². The van der Waals surface area contributed by atoms with Crippen LogP contribution in [0.2, 0.25) is 0 Å². The van der Waals surface area contributed by atoms with Crippen LogP contribution in [-0.2, 0) is 11.3 Å². The van der Waals surface area contributed by atoms with Gasteiger partial charge in [-0.3, -0.25) is 9.69 Å². The summed E-state index contributed by atoms with van der Waals surface area (Å²) in [5.41, 5.74) is 1.18. The summed E-state index contributed by atoms with van der Waals surface area (Å²) in [4.78, 5) is 12.8. The average Bonchev–Trinajstić information content (AvgIpc) is 2.39. The summed E-state index contributed by atoms with van der Waals surface area (Å²) in [5.74, 6) is -0.441. The molecule has 0 heterocycles. The molecule has 1 rings (SSSR count). The third kappa shape index (κ3) is 5.72. The minimum Gasteiger partial charge on any atom is -0.481 e. The highest BCUT2D eigenvalue weighted by Gasteiger charge is 2.21. The quantitative estimate of drug-likeness (QED) is 0.728. The van der Waals surface area contributed by atoms with Gasteiger partial charge in [0.1, 0.15) is 0 Å². The van der Waals surface area contributed by atoms with E-state index < -0.39 is 5.97 Å². The van der Waals surface area contributed by atoms with E-state index in [2.05, 4.69) is 30.9 Å². The average molecular weight is 279 g/mol. The van der Waals surface area contributed by atoms with Crippen LogP contribution in [-0.4, -0.2) is 40.3 Å². The first-order valence-electron chi connectivity index (χ1n) is 7.15. The van der Waals surface area contributed by atoms with Crippen LogP contribution < -0.4 is 0 Å². The standard InChI is InChI=1S/C16H25NO3/c1-13(2)15(12-18)17(10-6-9-16(19)20)11-14-7-4-3-5-8-14/h3-5,7-8,13,15,18H,6,9-12H2,1-2H3,(H,19,20). The van der Waals surface area contributed by atoms with Crippen LogP contribution in [0.1, 0.15) is 32.3 Å². The molecule has 0 bridgehead atoms. The van der Waals surface area contributed by atoms with E-state index >= 15 is 0 Å². The lowest BCUT2D eigenvalue weighted by atomic mass is 10.0. The summed E-state index contributed by atoms with van der Waals surface area (Å²) in [6, 6.07) is 10.1. The van der Waals surface area contributed by atoms with Crippen molar-refractivity contribution >= 4 is 5.97 Å². The summed E-state index contributed by atoms with van der Waals surface area (Å²) in [6.07, 6.45) is 0.771. The minimum atomic E-state index is -0.769. The van der Waals surface area contributed by atoms with Crippen LogP contribution in [0, 0.1) is 5.92 Å². The van der Waals surface area contributed by atoms with Crippen molar-refractivity contribution in [3.05, 3.63) is 35.9 Å². The van der Waals surface area contributed by atoms with Crippen molar-refractivity contribution in [2.45, 2.75) is 39.3 Å². The van der Waals surface area contributed by atoms with Crippen LogP contribution in [0.15, 0.2) is 30.3 Å². The van der Waals surface area contributed by atoms with E-state index in [0.29, 0.717) is 18.9 Å². The number of rotatable bonds is 9. The molecule has 1 aromatic carbocycles. The molecule has 0 spiro atoms. The van der Waals surface area contributed by atoms with Crippen molar-refractivity contribution in [1.29, 1.82) is 0 Å². The van der Waals surface area contributed by atoms with Gasteiger partial charge in [-0.05, 0) is 24.4 Å². The maximum Gasteiger partial charge on any atom is 0.303 e. The summed E-state index contributed by atoms with van der Waals surface area (Å²) in [7, 11) is 0. The maximum atomic E-state index is 10.6. The van der Waals surface area contributed by atoms with Gasteiger partial charge in [-0.2, -0.15) is 0 Å². The number of aliphatic carboxylic acids is 1. The molecule has 2 N–H and O–H groups in total. The third-order valence-corrected chi connectivity index (χ3v) is 3.49. The molecule has 0 saturated carbocycles. The maximum absolute atomic E-state index is 10.6. The van der Waals surface area contributed by atoms with Gasteiger partial charge in [0.15, 0.2) is 0 Å². The Morgan fingerprint density at radius 2 is 1.90 bits per heavy atom. The molecule has 0 fully saturated rings. The van der Waals surface area contributed by atoms with E-state index in [1.54, 1.807) is 0 Å². The molecule has 0 aliphatic rings. The van der Waals surface area contributed by atoms with E-state index in [1.807, 2.05) is 18.2 Å². The third-order valence-electron chi connectivity index (χ3n) is 3.49. The molecule has 0 aliphatic heterocycles. The number of aliphatic hydroxyl groups is 1. The molecule has 4 heteroatoms. The van der Waals surface area contributed by atoms with Gasteiger partial charge in [0.05, 0.1) is 6.61 Å². The molecular weight excluding hydrogens is 254 g/mol. The first-order chi connectivity index (χ1) is 9.54. The topological polar surface area (TPSA) is 60.8 Å². The van der Waals surface area contributed by atoms with Crippen LogP contribution >= 0.6 is 0 Å². The lowest BCUT2D eigenvalue weighted by Crippen LogP contribution is -2.41. The fraction of sp³-hybridized carbons (Fsp3) is 0.562. The van der Waals surface area contributed by atoms with Crippen molar-refractivity contribution in [2.75, 3.05) is 13.2 Å². The van der Waals surface area contributed by atoms with E-state index in [1.165, 1.54) is 5.56 Å². The van der Waals surface area contributed by atoms with Gasteiger partial charge in [-0.15, -0.1) is 0 Å². The van der Waals surface area contributed by atoms with E-state index in [9.17, 15) is 9.90 Å². The molecule has 0 aliphatic carbocycles. The number of nitrogens with zero attached hydrogens (tertiary/aromatic N) is 1. The predicted octanol–water partition coefficient (Wildman–Crippen LogP) is 2.37. The zero-order chi connectivity index (χ0) is 15.0. The van der Waals surface area contributed by atoms with Gasteiger partial charge in [0.2, 0.25) is 0 Å². The molecule has 112 valence electrons. The molecule has 0 aromatic heterocycles. The highest BCUT2D eigenvalue weighted by atomic mass is 16.4. The van der Waals surface area contributed by atoms with Crippen molar-refractivity contribution in [3.63, 3.8) is 0 Å². The van der Waals surface area contributed by atoms with Crippen molar-refractivity contribution < 1.29 is 15.0 Å². The second kappa shape index (κ2) is 8.72. The summed E-state index contributed by atoms with van der Waals surface area (Å²) < 4.78 is 0. The Bertz CT molecular complexity index is 392. The minimum absolute atomic E-state index is 0.0593. The van der Waals surface area contributed by atoms with E-state index in [4.69, 9.17) is 5.11 Å². The normalized spacial score (nSPS) is 12.8. The molecule has 20 heavy (non-hydrogen) atoms. The SMILES string of the molecule is CC(C)C(CO)N(CCCC(=O)O)Cc1ccccc1. The van der Waals surface area contributed by atoms with E-state index in [-0.39, 0.29) is 19.1 Å². The summed E-state index contributed by atoms with van der Waals surface area (Å²) >= 11 is 0. The highest BCUT2D eigenvalue weighted by Crippen LogP contribution is 2.15. The van der Waals surface area contributed by atoms with E-state index in [0.717, 1.165) is 6.54 Å². The Balaban J connectivity index is 2.69. The lowest BCUT2D eigenvalue weighted by Gasteiger charge is -2.33. The Labute approximate surface area is 121 Å². The van der Waals surface area contributed by atoms with Crippen molar-refractivity contribution in [3.8, 4) is 0 Å². The molecule has 1 aromatic rings.